The van der Waals surface area contributed by atoms with Crippen LogP contribution in [-0.4, -0.2) is 11.1 Å². The van der Waals surface area contributed by atoms with Crippen LogP contribution in [0.4, 0.5) is 0 Å². The molecule has 0 saturated heterocycles. The average molecular weight is 212 g/mol. The third-order valence-electron chi connectivity index (χ3n) is 2.19. The van der Waals surface area contributed by atoms with Gasteiger partial charge in [0.1, 0.15) is 4.88 Å². The second kappa shape index (κ2) is 5.15. The first-order valence-electron chi connectivity index (χ1n) is 5.03. The van der Waals surface area contributed by atoms with Gasteiger partial charge in [-0.2, -0.15) is 0 Å². The first kappa shape index (κ1) is 11.2. The topological polar surface area (TPSA) is 37.3 Å². The second-order valence-corrected chi connectivity index (χ2v) is 4.25. The number of hydrogen-bond acceptors (Lipinski definition) is 2. The molecule has 0 aliphatic heterocycles. The summed E-state index contributed by atoms with van der Waals surface area (Å²) < 4.78 is 0. The van der Waals surface area contributed by atoms with Crippen LogP contribution in [0.25, 0.3) is 0 Å². The van der Waals surface area contributed by atoms with Gasteiger partial charge in [-0.1, -0.05) is 26.7 Å². The van der Waals surface area contributed by atoms with Crippen molar-refractivity contribution in [3.63, 3.8) is 0 Å². The molecule has 2 nitrogen and oxygen atoms in total. The summed E-state index contributed by atoms with van der Waals surface area (Å²) in [6.45, 7) is 4.20. The molecule has 78 valence electrons. The minimum Gasteiger partial charge on any atom is -0.477 e. The van der Waals surface area contributed by atoms with E-state index in [9.17, 15) is 4.79 Å². The van der Waals surface area contributed by atoms with Gasteiger partial charge in [0.05, 0.1) is 0 Å². The minimum atomic E-state index is -0.777. The summed E-state index contributed by atoms with van der Waals surface area (Å²) in [5.41, 5.74) is 2.30. The molecule has 1 aromatic rings. The molecule has 14 heavy (non-hydrogen) atoms. The highest BCUT2D eigenvalue weighted by atomic mass is 32.1. The Bertz CT molecular complexity index is 315. The molecule has 1 aromatic heterocycles. The van der Waals surface area contributed by atoms with Crippen molar-refractivity contribution in [1.29, 1.82) is 0 Å². The molecule has 0 saturated carbocycles. The Labute approximate surface area is 88.6 Å². The second-order valence-electron chi connectivity index (χ2n) is 3.37. The van der Waals surface area contributed by atoms with E-state index in [4.69, 9.17) is 5.11 Å². The van der Waals surface area contributed by atoms with E-state index >= 15 is 0 Å². The van der Waals surface area contributed by atoms with Crippen LogP contribution >= 0.6 is 11.3 Å². The highest BCUT2D eigenvalue weighted by molar-refractivity contribution is 7.12. The summed E-state index contributed by atoms with van der Waals surface area (Å²) in [7, 11) is 0. The van der Waals surface area contributed by atoms with E-state index in [-0.39, 0.29) is 0 Å². The number of aryl methyl sites for hydroxylation is 1. The van der Waals surface area contributed by atoms with Crippen molar-refractivity contribution in [2.45, 2.75) is 39.5 Å². The maximum absolute atomic E-state index is 10.9. The van der Waals surface area contributed by atoms with Crippen molar-refractivity contribution in [2.24, 2.45) is 0 Å². The highest BCUT2D eigenvalue weighted by Crippen LogP contribution is 2.25. The molecule has 0 spiro atoms. The standard InChI is InChI=1S/C11H16O2S/c1-3-5-8-7-14-10(11(12)13)9(8)6-4-2/h7H,3-6H2,1-2H3,(H,12,13). The summed E-state index contributed by atoms with van der Waals surface area (Å²) in [4.78, 5) is 11.5. The molecule has 3 heteroatoms. The van der Waals surface area contributed by atoms with Crippen LogP contribution in [0.15, 0.2) is 5.38 Å². The summed E-state index contributed by atoms with van der Waals surface area (Å²) in [6.07, 6.45) is 3.97. The zero-order valence-electron chi connectivity index (χ0n) is 8.67. The Morgan fingerprint density at radius 2 is 2.00 bits per heavy atom. The van der Waals surface area contributed by atoms with Crippen molar-refractivity contribution in [3.8, 4) is 0 Å². The normalized spacial score (nSPS) is 10.4. The number of carboxylic acids is 1. The number of thiophene rings is 1. The van der Waals surface area contributed by atoms with Gasteiger partial charge in [-0.3, -0.25) is 0 Å². The summed E-state index contributed by atoms with van der Waals surface area (Å²) >= 11 is 1.36. The van der Waals surface area contributed by atoms with Crippen LogP contribution in [0, 0.1) is 0 Å². The molecule has 0 amide bonds. The van der Waals surface area contributed by atoms with E-state index in [2.05, 4.69) is 13.8 Å². The van der Waals surface area contributed by atoms with Gasteiger partial charge in [0.25, 0.3) is 0 Å². The van der Waals surface area contributed by atoms with E-state index < -0.39 is 5.97 Å². The van der Waals surface area contributed by atoms with Gasteiger partial charge in [-0.15, -0.1) is 11.3 Å². The smallest absolute Gasteiger partial charge is 0.346 e. The maximum Gasteiger partial charge on any atom is 0.346 e. The zero-order valence-corrected chi connectivity index (χ0v) is 9.49. The van der Waals surface area contributed by atoms with Gasteiger partial charge in [-0.25, -0.2) is 4.79 Å². The molecule has 1 heterocycles. The molecule has 0 bridgehead atoms. The van der Waals surface area contributed by atoms with Crippen LogP contribution in [0.5, 0.6) is 0 Å². The van der Waals surface area contributed by atoms with E-state index in [1.54, 1.807) is 0 Å². The molecule has 0 fully saturated rings. The zero-order chi connectivity index (χ0) is 10.6. The van der Waals surface area contributed by atoms with Crippen molar-refractivity contribution < 1.29 is 9.90 Å². The van der Waals surface area contributed by atoms with E-state index in [1.807, 2.05) is 5.38 Å². The Balaban J connectivity index is 3.00. The Morgan fingerprint density at radius 3 is 2.50 bits per heavy atom. The lowest BCUT2D eigenvalue weighted by Crippen LogP contribution is -1.99. The lowest BCUT2D eigenvalue weighted by Gasteiger charge is -2.02. The predicted octanol–water partition coefficient (Wildman–Crippen LogP) is 3.35. The largest absolute Gasteiger partial charge is 0.477 e. The highest BCUT2D eigenvalue weighted by Gasteiger charge is 2.15. The first-order valence-corrected chi connectivity index (χ1v) is 5.91. The van der Waals surface area contributed by atoms with Crippen LogP contribution in [-0.2, 0) is 12.8 Å². The third kappa shape index (κ3) is 2.35. The van der Waals surface area contributed by atoms with Crippen molar-refractivity contribution in [1.82, 2.24) is 0 Å². The summed E-state index contributed by atoms with van der Waals surface area (Å²) in [6, 6.07) is 0. The first-order chi connectivity index (χ1) is 6.70. The van der Waals surface area contributed by atoms with E-state index in [1.165, 1.54) is 16.9 Å². The SMILES string of the molecule is CCCc1csc(C(=O)O)c1CCC. The summed E-state index contributed by atoms with van der Waals surface area (Å²) in [5.74, 6) is -0.777. The van der Waals surface area contributed by atoms with Crippen LogP contribution in [0.3, 0.4) is 0 Å². The van der Waals surface area contributed by atoms with Crippen molar-refractivity contribution in [3.05, 3.63) is 21.4 Å². The molecule has 0 aromatic carbocycles. The number of carbonyl (C=O) groups is 1. The Kier molecular flexibility index (Phi) is 4.14. The molecule has 0 atom stereocenters. The monoisotopic (exact) mass is 212 g/mol. The molecule has 0 aliphatic rings. The fourth-order valence-corrected chi connectivity index (χ4v) is 2.60. The number of rotatable bonds is 5. The quantitative estimate of drug-likeness (QED) is 0.812. The van der Waals surface area contributed by atoms with E-state index in [0.717, 1.165) is 31.2 Å². The van der Waals surface area contributed by atoms with Crippen LogP contribution in [0.1, 0.15) is 47.5 Å². The van der Waals surface area contributed by atoms with Gasteiger partial charge in [-0.05, 0) is 29.3 Å². The Hall–Kier alpha value is -0.830. The fourth-order valence-electron chi connectivity index (χ4n) is 1.60. The van der Waals surface area contributed by atoms with Gasteiger partial charge >= 0.3 is 5.97 Å². The number of carboxylic acid groups (broad SMARTS) is 1. The molecule has 1 rings (SSSR count). The molecule has 0 aliphatic carbocycles. The maximum atomic E-state index is 10.9. The third-order valence-corrected chi connectivity index (χ3v) is 3.25. The van der Waals surface area contributed by atoms with E-state index in [0.29, 0.717) is 4.88 Å². The number of hydrogen-bond donors (Lipinski definition) is 1. The molecular weight excluding hydrogens is 196 g/mol. The lowest BCUT2D eigenvalue weighted by atomic mass is 10.0. The molecule has 1 N–H and O–H groups in total. The lowest BCUT2D eigenvalue weighted by molar-refractivity contribution is 0.0701. The average Bonchev–Trinajstić information content (AvgIpc) is 2.50. The number of aromatic carboxylic acids is 1. The Morgan fingerprint density at radius 1 is 1.36 bits per heavy atom. The minimum absolute atomic E-state index is 0.537. The summed E-state index contributed by atoms with van der Waals surface area (Å²) in [5, 5.41) is 11.0. The molecule has 0 radical (unpaired) electrons. The van der Waals surface area contributed by atoms with Gasteiger partial charge in [0.2, 0.25) is 0 Å². The van der Waals surface area contributed by atoms with Crippen molar-refractivity contribution >= 4 is 17.3 Å². The van der Waals surface area contributed by atoms with Gasteiger partial charge in [0.15, 0.2) is 0 Å². The van der Waals surface area contributed by atoms with Crippen molar-refractivity contribution in [2.75, 3.05) is 0 Å². The van der Waals surface area contributed by atoms with Gasteiger partial charge in [0, 0.05) is 0 Å². The molecular formula is C11H16O2S. The van der Waals surface area contributed by atoms with Crippen LogP contribution in [0.2, 0.25) is 0 Å². The van der Waals surface area contributed by atoms with Crippen LogP contribution < -0.4 is 0 Å². The molecule has 0 unspecified atom stereocenters. The fraction of sp³-hybridized carbons (Fsp3) is 0.545. The predicted molar refractivity (Wildman–Crippen MR) is 59.3 cm³/mol. The van der Waals surface area contributed by atoms with Gasteiger partial charge < -0.3 is 5.11 Å².